The third kappa shape index (κ3) is 2.86. The fraction of sp³-hybridized carbons (Fsp3) is 0.500. The van der Waals surface area contributed by atoms with E-state index < -0.39 is 6.10 Å². The molecule has 1 N–H and O–H groups in total. The van der Waals surface area contributed by atoms with Gasteiger partial charge in [-0.15, -0.1) is 5.10 Å². The third-order valence-corrected chi connectivity index (χ3v) is 3.77. The second-order valence-corrected chi connectivity index (χ2v) is 5.32. The van der Waals surface area contributed by atoms with Crippen LogP contribution >= 0.6 is 0 Å². The topological polar surface area (TPSA) is 67.1 Å². The van der Waals surface area contributed by atoms with E-state index in [0.717, 1.165) is 25.3 Å². The van der Waals surface area contributed by atoms with Gasteiger partial charge in [0.1, 0.15) is 5.82 Å². The first-order valence-electron chi connectivity index (χ1n) is 6.92. The van der Waals surface area contributed by atoms with Crippen molar-refractivity contribution in [1.82, 2.24) is 25.1 Å². The van der Waals surface area contributed by atoms with Crippen molar-refractivity contribution < 1.29 is 5.11 Å². The SMILES string of the molecule is Cc1nnnn1C[C@H](O)CN1CCc2ccccc2C1. The molecule has 1 aromatic carbocycles. The number of aliphatic hydroxyl groups is 1. The molecule has 0 fully saturated rings. The van der Waals surface area contributed by atoms with Gasteiger partial charge in [0.25, 0.3) is 0 Å². The Balaban J connectivity index is 1.58. The van der Waals surface area contributed by atoms with Crippen molar-refractivity contribution in [3.05, 3.63) is 41.2 Å². The van der Waals surface area contributed by atoms with E-state index in [1.54, 1.807) is 4.68 Å². The summed E-state index contributed by atoms with van der Waals surface area (Å²) in [6, 6.07) is 8.51. The van der Waals surface area contributed by atoms with Crippen LogP contribution in [0.1, 0.15) is 17.0 Å². The Morgan fingerprint density at radius 3 is 2.80 bits per heavy atom. The quantitative estimate of drug-likeness (QED) is 0.873. The first-order chi connectivity index (χ1) is 9.72. The fourth-order valence-corrected chi connectivity index (χ4v) is 2.68. The zero-order valence-corrected chi connectivity index (χ0v) is 11.6. The van der Waals surface area contributed by atoms with Crippen LogP contribution in [0.25, 0.3) is 0 Å². The number of rotatable bonds is 4. The number of aliphatic hydroxyl groups excluding tert-OH is 1. The van der Waals surface area contributed by atoms with Crippen LogP contribution in [0, 0.1) is 6.92 Å². The normalized spacial score (nSPS) is 16.9. The van der Waals surface area contributed by atoms with Crippen molar-refractivity contribution in [2.24, 2.45) is 0 Å². The van der Waals surface area contributed by atoms with E-state index in [2.05, 4.69) is 44.7 Å². The number of aromatic nitrogens is 4. The van der Waals surface area contributed by atoms with Crippen LogP contribution in [-0.4, -0.2) is 49.4 Å². The summed E-state index contributed by atoms with van der Waals surface area (Å²) in [5, 5.41) is 21.5. The van der Waals surface area contributed by atoms with Crippen LogP contribution in [0.2, 0.25) is 0 Å². The standard InChI is InChI=1S/C14H19N5O/c1-11-15-16-17-19(11)10-14(20)9-18-7-6-12-4-2-3-5-13(12)8-18/h2-5,14,20H,6-10H2,1H3/t14-/m1/s1. The van der Waals surface area contributed by atoms with Crippen molar-refractivity contribution >= 4 is 0 Å². The lowest BCUT2D eigenvalue weighted by Gasteiger charge is -2.30. The predicted molar refractivity (Wildman–Crippen MR) is 74.0 cm³/mol. The Morgan fingerprint density at radius 1 is 1.25 bits per heavy atom. The van der Waals surface area contributed by atoms with Crippen molar-refractivity contribution in [2.75, 3.05) is 13.1 Å². The Hall–Kier alpha value is -1.79. The average molecular weight is 273 g/mol. The van der Waals surface area contributed by atoms with Crippen molar-refractivity contribution in [1.29, 1.82) is 0 Å². The van der Waals surface area contributed by atoms with Gasteiger partial charge < -0.3 is 5.11 Å². The van der Waals surface area contributed by atoms with Gasteiger partial charge in [0.2, 0.25) is 0 Å². The molecule has 0 bridgehead atoms. The largest absolute Gasteiger partial charge is 0.390 e. The second kappa shape index (κ2) is 5.68. The summed E-state index contributed by atoms with van der Waals surface area (Å²) >= 11 is 0. The van der Waals surface area contributed by atoms with Crippen molar-refractivity contribution in [2.45, 2.75) is 32.5 Å². The molecule has 0 amide bonds. The highest BCUT2D eigenvalue weighted by molar-refractivity contribution is 5.29. The number of hydrogen-bond donors (Lipinski definition) is 1. The lowest BCUT2D eigenvalue weighted by atomic mass is 10.00. The van der Waals surface area contributed by atoms with Crippen LogP contribution in [0.4, 0.5) is 0 Å². The third-order valence-electron chi connectivity index (χ3n) is 3.77. The Bertz CT molecular complexity index is 582. The number of hydrogen-bond acceptors (Lipinski definition) is 5. The minimum atomic E-state index is -0.456. The summed E-state index contributed by atoms with van der Waals surface area (Å²) in [6.07, 6.45) is 0.592. The van der Waals surface area contributed by atoms with Crippen LogP contribution in [0.5, 0.6) is 0 Å². The molecule has 106 valence electrons. The number of aryl methyl sites for hydroxylation is 1. The highest BCUT2D eigenvalue weighted by Crippen LogP contribution is 2.18. The number of β-amino-alcohol motifs (C(OH)–C–C–N with tert-alkyl or cyclic N) is 1. The van der Waals surface area contributed by atoms with Gasteiger partial charge in [-0.05, 0) is 34.9 Å². The smallest absolute Gasteiger partial charge is 0.148 e. The second-order valence-electron chi connectivity index (χ2n) is 5.32. The summed E-state index contributed by atoms with van der Waals surface area (Å²) in [4.78, 5) is 2.28. The van der Waals surface area contributed by atoms with Crippen LogP contribution in [0.15, 0.2) is 24.3 Å². The van der Waals surface area contributed by atoms with Crippen LogP contribution < -0.4 is 0 Å². The zero-order chi connectivity index (χ0) is 13.9. The molecule has 6 heteroatoms. The summed E-state index contributed by atoms with van der Waals surface area (Å²) in [5.41, 5.74) is 2.79. The van der Waals surface area contributed by atoms with E-state index in [9.17, 15) is 5.11 Å². The fourth-order valence-electron chi connectivity index (χ4n) is 2.68. The summed E-state index contributed by atoms with van der Waals surface area (Å²) in [7, 11) is 0. The predicted octanol–water partition coefficient (Wildman–Crippen LogP) is 0.401. The van der Waals surface area contributed by atoms with Gasteiger partial charge in [0, 0.05) is 19.6 Å². The molecule has 0 spiro atoms. The van der Waals surface area contributed by atoms with Crippen molar-refractivity contribution in [3.63, 3.8) is 0 Å². The van der Waals surface area contributed by atoms with E-state index >= 15 is 0 Å². The molecule has 0 saturated heterocycles. The lowest BCUT2D eigenvalue weighted by molar-refractivity contribution is 0.0878. The number of nitrogens with zero attached hydrogens (tertiary/aromatic N) is 5. The molecule has 2 aromatic rings. The van der Waals surface area contributed by atoms with E-state index in [4.69, 9.17) is 0 Å². The summed E-state index contributed by atoms with van der Waals surface area (Å²) in [5.74, 6) is 0.730. The van der Waals surface area contributed by atoms with Crippen LogP contribution in [0.3, 0.4) is 0 Å². The molecule has 0 unspecified atom stereocenters. The Labute approximate surface area is 118 Å². The highest BCUT2D eigenvalue weighted by Gasteiger charge is 2.19. The molecule has 1 aromatic heterocycles. The molecule has 0 radical (unpaired) electrons. The molecule has 1 aliphatic heterocycles. The van der Waals surface area contributed by atoms with Gasteiger partial charge in [-0.2, -0.15) is 0 Å². The maximum absolute atomic E-state index is 10.2. The molecule has 0 aliphatic carbocycles. The van der Waals surface area contributed by atoms with Gasteiger partial charge in [0.15, 0.2) is 0 Å². The maximum Gasteiger partial charge on any atom is 0.148 e. The number of fused-ring (bicyclic) bond motifs is 1. The van der Waals surface area contributed by atoms with Crippen LogP contribution in [-0.2, 0) is 19.5 Å². The monoisotopic (exact) mass is 273 g/mol. The minimum absolute atomic E-state index is 0.441. The Kier molecular flexibility index (Phi) is 3.75. The summed E-state index contributed by atoms with van der Waals surface area (Å²) < 4.78 is 1.64. The molecule has 1 atom stereocenters. The van der Waals surface area contributed by atoms with Gasteiger partial charge in [-0.3, -0.25) is 4.90 Å². The maximum atomic E-state index is 10.2. The zero-order valence-electron chi connectivity index (χ0n) is 11.6. The molecule has 2 heterocycles. The molecule has 3 rings (SSSR count). The number of tetrazole rings is 1. The lowest BCUT2D eigenvalue weighted by Crippen LogP contribution is -2.38. The van der Waals surface area contributed by atoms with Gasteiger partial charge in [0.05, 0.1) is 12.6 Å². The van der Waals surface area contributed by atoms with Gasteiger partial charge in [-0.1, -0.05) is 24.3 Å². The Morgan fingerprint density at radius 2 is 2.05 bits per heavy atom. The highest BCUT2D eigenvalue weighted by atomic mass is 16.3. The van der Waals surface area contributed by atoms with Crippen molar-refractivity contribution in [3.8, 4) is 0 Å². The van der Waals surface area contributed by atoms with E-state index in [0.29, 0.717) is 13.1 Å². The van der Waals surface area contributed by atoms with E-state index in [-0.39, 0.29) is 0 Å². The molecule has 20 heavy (non-hydrogen) atoms. The summed E-state index contributed by atoms with van der Waals surface area (Å²) in [6.45, 7) is 4.82. The molecule has 6 nitrogen and oxygen atoms in total. The molecule has 0 saturated carbocycles. The average Bonchev–Trinajstić information content (AvgIpc) is 2.84. The number of benzene rings is 1. The van der Waals surface area contributed by atoms with Gasteiger partial charge in [-0.25, -0.2) is 4.68 Å². The first-order valence-corrected chi connectivity index (χ1v) is 6.92. The molecular weight excluding hydrogens is 254 g/mol. The minimum Gasteiger partial charge on any atom is -0.390 e. The van der Waals surface area contributed by atoms with E-state index in [1.807, 2.05) is 6.92 Å². The first kappa shape index (κ1) is 13.2. The van der Waals surface area contributed by atoms with Gasteiger partial charge >= 0.3 is 0 Å². The molecule has 1 aliphatic rings. The molecular formula is C14H19N5O. The van der Waals surface area contributed by atoms with E-state index in [1.165, 1.54) is 11.1 Å².